The summed E-state index contributed by atoms with van der Waals surface area (Å²) in [5.74, 6) is 0.785. The SMILES string of the molecule is CCN1C(=O)COc2ccc(-c3csc(NS(=O)(=O)c4cc(C)ccc4OC)n3)cc21. The van der Waals surface area contributed by atoms with Gasteiger partial charge >= 0.3 is 0 Å². The maximum Gasteiger partial charge on any atom is 0.267 e. The molecule has 0 saturated heterocycles. The first-order valence-electron chi connectivity index (χ1n) is 9.53. The lowest BCUT2D eigenvalue weighted by Gasteiger charge is -2.28. The maximum atomic E-state index is 12.9. The molecule has 1 amide bonds. The smallest absolute Gasteiger partial charge is 0.267 e. The van der Waals surface area contributed by atoms with Crippen LogP contribution in [0.1, 0.15) is 12.5 Å². The van der Waals surface area contributed by atoms with Crippen molar-refractivity contribution in [2.24, 2.45) is 0 Å². The Hall–Kier alpha value is -3.11. The summed E-state index contributed by atoms with van der Waals surface area (Å²) in [4.78, 5) is 18.2. The molecule has 0 unspecified atom stereocenters. The van der Waals surface area contributed by atoms with Crippen LogP contribution in [0.25, 0.3) is 11.3 Å². The highest BCUT2D eigenvalue weighted by Crippen LogP contribution is 2.37. The monoisotopic (exact) mass is 459 g/mol. The number of benzene rings is 2. The van der Waals surface area contributed by atoms with Gasteiger partial charge in [-0.25, -0.2) is 13.4 Å². The van der Waals surface area contributed by atoms with E-state index in [-0.39, 0.29) is 28.3 Å². The molecule has 1 aliphatic rings. The molecule has 2 heterocycles. The molecule has 0 atom stereocenters. The van der Waals surface area contributed by atoms with Gasteiger partial charge in [-0.2, -0.15) is 0 Å². The second-order valence-electron chi connectivity index (χ2n) is 6.91. The number of sulfonamides is 1. The molecule has 0 aliphatic carbocycles. The van der Waals surface area contributed by atoms with Crippen molar-refractivity contribution in [2.45, 2.75) is 18.7 Å². The largest absolute Gasteiger partial charge is 0.495 e. The molecular formula is C21H21N3O5S2. The molecule has 0 bridgehead atoms. The van der Waals surface area contributed by atoms with Gasteiger partial charge < -0.3 is 14.4 Å². The third kappa shape index (κ3) is 4.08. The van der Waals surface area contributed by atoms with E-state index in [0.717, 1.165) is 11.1 Å². The van der Waals surface area contributed by atoms with E-state index in [9.17, 15) is 13.2 Å². The zero-order valence-corrected chi connectivity index (χ0v) is 18.8. The predicted octanol–water partition coefficient (Wildman–Crippen LogP) is 3.67. The molecule has 2 aromatic carbocycles. The number of ether oxygens (including phenoxy) is 2. The Balaban J connectivity index is 1.63. The van der Waals surface area contributed by atoms with Crippen LogP contribution in [0.3, 0.4) is 0 Å². The number of anilines is 2. The van der Waals surface area contributed by atoms with Crippen LogP contribution in [0.2, 0.25) is 0 Å². The summed E-state index contributed by atoms with van der Waals surface area (Å²) in [5, 5.41) is 1.99. The number of nitrogens with zero attached hydrogens (tertiary/aromatic N) is 2. The molecule has 3 aromatic rings. The highest BCUT2D eigenvalue weighted by atomic mass is 32.2. The highest BCUT2D eigenvalue weighted by molar-refractivity contribution is 7.93. The van der Waals surface area contributed by atoms with E-state index in [1.54, 1.807) is 34.5 Å². The number of likely N-dealkylation sites (N-methyl/N-ethyl adjacent to an activating group) is 1. The summed E-state index contributed by atoms with van der Waals surface area (Å²) in [6.07, 6.45) is 0. The Morgan fingerprint density at radius 3 is 2.81 bits per heavy atom. The van der Waals surface area contributed by atoms with Gasteiger partial charge in [-0.1, -0.05) is 6.07 Å². The van der Waals surface area contributed by atoms with Crippen LogP contribution in [0.4, 0.5) is 10.8 Å². The van der Waals surface area contributed by atoms with Gasteiger partial charge in [0.2, 0.25) is 0 Å². The number of aryl methyl sites for hydroxylation is 1. The second kappa shape index (κ2) is 8.20. The molecule has 0 saturated carbocycles. The number of methoxy groups -OCH3 is 1. The molecule has 1 aliphatic heterocycles. The van der Waals surface area contributed by atoms with Crippen LogP contribution in [-0.2, 0) is 14.8 Å². The molecule has 31 heavy (non-hydrogen) atoms. The molecular weight excluding hydrogens is 438 g/mol. The normalized spacial score (nSPS) is 13.5. The quantitative estimate of drug-likeness (QED) is 0.604. The van der Waals surface area contributed by atoms with Gasteiger partial charge in [0.25, 0.3) is 15.9 Å². The number of thiazole rings is 1. The number of carbonyl (C=O) groups excluding carboxylic acids is 1. The Morgan fingerprint density at radius 1 is 1.26 bits per heavy atom. The fourth-order valence-corrected chi connectivity index (χ4v) is 5.55. The number of aromatic nitrogens is 1. The van der Waals surface area contributed by atoms with Gasteiger partial charge in [0.15, 0.2) is 11.7 Å². The number of carbonyl (C=O) groups is 1. The van der Waals surface area contributed by atoms with Crippen molar-refractivity contribution in [2.75, 3.05) is 29.9 Å². The van der Waals surface area contributed by atoms with Crippen molar-refractivity contribution in [3.63, 3.8) is 0 Å². The average molecular weight is 460 g/mol. The first kappa shape index (κ1) is 21.1. The lowest BCUT2D eigenvalue weighted by atomic mass is 10.1. The first-order valence-corrected chi connectivity index (χ1v) is 11.9. The van der Waals surface area contributed by atoms with Crippen molar-refractivity contribution in [1.29, 1.82) is 0 Å². The number of rotatable bonds is 6. The van der Waals surface area contributed by atoms with E-state index < -0.39 is 10.0 Å². The van der Waals surface area contributed by atoms with Crippen LogP contribution >= 0.6 is 11.3 Å². The zero-order valence-electron chi connectivity index (χ0n) is 17.2. The van der Waals surface area contributed by atoms with E-state index in [0.29, 0.717) is 23.7 Å². The van der Waals surface area contributed by atoms with E-state index in [1.807, 2.05) is 26.0 Å². The minimum atomic E-state index is -3.88. The minimum Gasteiger partial charge on any atom is -0.495 e. The van der Waals surface area contributed by atoms with E-state index in [2.05, 4.69) is 9.71 Å². The molecule has 1 aromatic heterocycles. The van der Waals surface area contributed by atoms with Gasteiger partial charge in [0, 0.05) is 17.5 Å². The van der Waals surface area contributed by atoms with Crippen LogP contribution in [0.15, 0.2) is 46.7 Å². The molecule has 0 spiro atoms. The number of amides is 1. The second-order valence-corrected chi connectivity index (χ2v) is 9.42. The van der Waals surface area contributed by atoms with Crippen molar-refractivity contribution in [1.82, 2.24) is 4.98 Å². The maximum absolute atomic E-state index is 12.9. The molecule has 4 rings (SSSR count). The highest BCUT2D eigenvalue weighted by Gasteiger charge is 2.25. The Morgan fingerprint density at radius 2 is 2.06 bits per heavy atom. The van der Waals surface area contributed by atoms with Gasteiger partial charge in [-0.3, -0.25) is 9.52 Å². The fourth-order valence-electron chi connectivity index (χ4n) is 3.33. The van der Waals surface area contributed by atoms with Gasteiger partial charge in [0.05, 0.1) is 18.5 Å². The van der Waals surface area contributed by atoms with E-state index >= 15 is 0 Å². The van der Waals surface area contributed by atoms with Crippen molar-refractivity contribution in [3.05, 3.63) is 47.3 Å². The number of hydrogen-bond donors (Lipinski definition) is 1. The van der Waals surface area contributed by atoms with Crippen molar-refractivity contribution < 1.29 is 22.7 Å². The summed E-state index contributed by atoms with van der Waals surface area (Å²) in [5.41, 5.74) is 2.82. The Bertz CT molecular complexity index is 1250. The van der Waals surface area contributed by atoms with Crippen LogP contribution in [0, 0.1) is 6.92 Å². The zero-order chi connectivity index (χ0) is 22.2. The summed E-state index contributed by atoms with van der Waals surface area (Å²) in [6.45, 7) is 4.25. The lowest BCUT2D eigenvalue weighted by Crippen LogP contribution is -2.38. The first-order chi connectivity index (χ1) is 14.8. The third-order valence-electron chi connectivity index (χ3n) is 4.85. The topological polar surface area (TPSA) is 97.8 Å². The van der Waals surface area contributed by atoms with Gasteiger partial charge in [-0.05, 0) is 49.7 Å². The Kier molecular flexibility index (Phi) is 5.59. The van der Waals surface area contributed by atoms with Crippen LogP contribution in [-0.4, -0.2) is 39.6 Å². The van der Waals surface area contributed by atoms with E-state index in [4.69, 9.17) is 9.47 Å². The third-order valence-corrected chi connectivity index (χ3v) is 7.10. The molecule has 0 fully saturated rings. The summed E-state index contributed by atoms with van der Waals surface area (Å²) in [6, 6.07) is 10.4. The number of hydrogen-bond acceptors (Lipinski definition) is 7. The fraction of sp³-hybridized carbons (Fsp3) is 0.238. The Labute approximate surface area is 184 Å². The number of fused-ring (bicyclic) bond motifs is 1. The summed E-state index contributed by atoms with van der Waals surface area (Å²) >= 11 is 1.17. The molecule has 8 nitrogen and oxygen atoms in total. The lowest BCUT2D eigenvalue weighted by molar-refractivity contribution is -0.121. The standard InChI is InChI=1S/C21H21N3O5S2/c1-4-24-16-10-14(6-8-17(16)29-11-20(24)25)15-12-30-21(22-15)23-31(26,27)19-9-13(2)5-7-18(19)28-3/h5-10,12H,4,11H2,1-3H3,(H,22,23). The minimum absolute atomic E-state index is 0.0191. The van der Waals surface area contributed by atoms with Gasteiger partial charge in [0.1, 0.15) is 16.4 Å². The van der Waals surface area contributed by atoms with Gasteiger partial charge in [-0.15, -0.1) is 11.3 Å². The average Bonchev–Trinajstić information content (AvgIpc) is 3.21. The summed E-state index contributed by atoms with van der Waals surface area (Å²) in [7, 11) is -2.46. The molecule has 1 N–H and O–H groups in total. The van der Waals surface area contributed by atoms with E-state index in [1.165, 1.54) is 18.4 Å². The summed E-state index contributed by atoms with van der Waals surface area (Å²) < 4.78 is 39.0. The predicted molar refractivity (Wildman–Crippen MR) is 120 cm³/mol. The van der Waals surface area contributed by atoms with Crippen molar-refractivity contribution in [3.8, 4) is 22.8 Å². The molecule has 10 heteroatoms. The van der Waals surface area contributed by atoms with Crippen LogP contribution < -0.4 is 19.1 Å². The number of nitrogens with one attached hydrogen (secondary N) is 1. The molecule has 0 radical (unpaired) electrons. The van der Waals surface area contributed by atoms with Crippen LogP contribution in [0.5, 0.6) is 11.5 Å². The van der Waals surface area contributed by atoms with Crippen molar-refractivity contribution >= 4 is 38.1 Å². The molecule has 162 valence electrons.